The number of aromatic amines is 1. The van der Waals surface area contributed by atoms with Crippen LogP contribution in [0.2, 0.25) is 0 Å². The van der Waals surface area contributed by atoms with Gasteiger partial charge in [0.1, 0.15) is 5.78 Å². The lowest BCUT2D eigenvalue weighted by Crippen LogP contribution is -2.39. The maximum Gasteiger partial charge on any atom is 0.235 e. The zero-order valence-electron chi connectivity index (χ0n) is 15.5. The molecular weight excluding hydrogens is 344 g/mol. The molecular formula is C20H24N4O3. The molecule has 27 heavy (non-hydrogen) atoms. The van der Waals surface area contributed by atoms with Gasteiger partial charge in [0.15, 0.2) is 0 Å². The van der Waals surface area contributed by atoms with Crippen molar-refractivity contribution in [3.63, 3.8) is 0 Å². The van der Waals surface area contributed by atoms with Gasteiger partial charge in [0, 0.05) is 11.8 Å². The van der Waals surface area contributed by atoms with Gasteiger partial charge in [0.25, 0.3) is 0 Å². The van der Waals surface area contributed by atoms with Crippen LogP contribution in [0.5, 0.6) is 0 Å². The number of benzene rings is 1. The van der Waals surface area contributed by atoms with Crippen molar-refractivity contribution in [2.45, 2.75) is 44.4 Å². The number of Topliss-reactive ketones (excluding diaryl/α,β-unsaturated/α-hetero) is 1. The summed E-state index contributed by atoms with van der Waals surface area (Å²) in [7, 11) is 0. The lowest BCUT2D eigenvalue weighted by atomic mass is 9.88. The molecule has 2 aliphatic rings. The second-order valence-corrected chi connectivity index (χ2v) is 7.67. The first kappa shape index (κ1) is 17.9. The minimum absolute atomic E-state index is 0.210. The Morgan fingerprint density at radius 3 is 2.70 bits per heavy atom. The second-order valence-electron chi connectivity index (χ2n) is 7.67. The van der Waals surface area contributed by atoms with Crippen LogP contribution in [0.15, 0.2) is 18.2 Å². The summed E-state index contributed by atoms with van der Waals surface area (Å²) in [6.07, 6.45) is 2.93. The first-order valence-electron chi connectivity index (χ1n) is 9.54. The van der Waals surface area contributed by atoms with Crippen LogP contribution in [0.1, 0.15) is 55.7 Å². The van der Waals surface area contributed by atoms with Crippen LogP contribution in [0.25, 0.3) is 10.9 Å². The molecule has 7 nitrogen and oxygen atoms in total. The summed E-state index contributed by atoms with van der Waals surface area (Å²) >= 11 is 0. The fraction of sp³-hybridized carbons (Fsp3) is 0.500. The molecule has 2 aliphatic heterocycles. The van der Waals surface area contributed by atoms with E-state index in [1.165, 1.54) is 5.56 Å². The summed E-state index contributed by atoms with van der Waals surface area (Å²) in [6.45, 7) is 4.05. The fourth-order valence-corrected chi connectivity index (χ4v) is 4.28. The van der Waals surface area contributed by atoms with Crippen LogP contribution in [0.4, 0.5) is 0 Å². The number of fused-ring (bicyclic) bond motifs is 1. The van der Waals surface area contributed by atoms with Gasteiger partial charge in [-0.2, -0.15) is 5.10 Å². The van der Waals surface area contributed by atoms with E-state index in [1.54, 1.807) is 6.92 Å². The molecule has 3 heterocycles. The SMILES string of the molecule is CC(=O)CN1CCC(c2ccc3c(C4CCC(=O)NC4=O)[nH]nc3c2)CC1. The topological polar surface area (TPSA) is 95.2 Å². The van der Waals surface area contributed by atoms with Gasteiger partial charge in [0.2, 0.25) is 11.8 Å². The molecule has 7 heteroatoms. The number of nitrogens with one attached hydrogen (secondary N) is 2. The molecule has 2 aromatic rings. The molecule has 1 unspecified atom stereocenters. The first-order valence-corrected chi connectivity index (χ1v) is 9.54. The Morgan fingerprint density at radius 2 is 2.00 bits per heavy atom. The Labute approximate surface area is 157 Å². The third-order valence-electron chi connectivity index (χ3n) is 5.70. The molecule has 1 aromatic heterocycles. The monoisotopic (exact) mass is 368 g/mol. The van der Waals surface area contributed by atoms with Crippen molar-refractivity contribution in [1.29, 1.82) is 0 Å². The van der Waals surface area contributed by atoms with Gasteiger partial charge in [-0.3, -0.25) is 29.7 Å². The van der Waals surface area contributed by atoms with Crippen LogP contribution >= 0.6 is 0 Å². The standard InChI is InChI=1S/C20H24N4O3/c1-12(25)11-24-8-6-13(7-9-24)14-2-3-15-17(10-14)22-23-19(15)16-4-5-18(26)21-20(16)27/h2-3,10,13,16H,4-9,11H2,1H3,(H,22,23)(H,21,26,27). The zero-order valence-corrected chi connectivity index (χ0v) is 15.5. The van der Waals surface area contributed by atoms with Crippen LogP contribution in [0, 0.1) is 0 Å². The Morgan fingerprint density at radius 1 is 1.22 bits per heavy atom. The highest BCUT2D eigenvalue weighted by Crippen LogP contribution is 2.33. The van der Waals surface area contributed by atoms with Crippen LogP contribution in [-0.2, 0) is 14.4 Å². The summed E-state index contributed by atoms with van der Waals surface area (Å²) in [5.74, 6) is -0.133. The number of carbonyl (C=O) groups is 3. The summed E-state index contributed by atoms with van der Waals surface area (Å²) in [6, 6.07) is 6.26. The number of hydrogen-bond acceptors (Lipinski definition) is 5. The van der Waals surface area contributed by atoms with E-state index in [0.29, 0.717) is 25.3 Å². The molecule has 0 radical (unpaired) electrons. The molecule has 142 valence electrons. The molecule has 1 aromatic carbocycles. The average molecular weight is 368 g/mol. The van der Waals surface area contributed by atoms with Gasteiger partial charge in [0.05, 0.1) is 23.7 Å². The number of amides is 2. The predicted molar refractivity (Wildman–Crippen MR) is 100 cm³/mol. The van der Waals surface area contributed by atoms with Crippen molar-refractivity contribution in [1.82, 2.24) is 20.4 Å². The van der Waals surface area contributed by atoms with Crippen molar-refractivity contribution in [2.24, 2.45) is 0 Å². The number of nitrogens with zero attached hydrogens (tertiary/aromatic N) is 2. The van der Waals surface area contributed by atoms with Crippen LogP contribution in [0.3, 0.4) is 0 Å². The third kappa shape index (κ3) is 3.64. The number of rotatable bonds is 4. The van der Waals surface area contributed by atoms with Crippen LogP contribution in [-0.4, -0.2) is 52.3 Å². The largest absolute Gasteiger partial charge is 0.299 e. The number of imide groups is 1. The molecule has 2 amide bonds. The molecule has 0 saturated carbocycles. The molecule has 2 N–H and O–H groups in total. The van der Waals surface area contributed by atoms with E-state index >= 15 is 0 Å². The van der Waals surface area contributed by atoms with Gasteiger partial charge in [-0.1, -0.05) is 12.1 Å². The Kier molecular flexibility index (Phi) is 4.78. The number of H-pyrrole nitrogens is 1. The van der Waals surface area contributed by atoms with Crippen molar-refractivity contribution in [3.05, 3.63) is 29.5 Å². The smallest absolute Gasteiger partial charge is 0.235 e. The number of carbonyl (C=O) groups excluding carboxylic acids is 3. The molecule has 2 saturated heterocycles. The maximum atomic E-state index is 12.2. The average Bonchev–Trinajstić information content (AvgIpc) is 3.05. The fourth-order valence-electron chi connectivity index (χ4n) is 4.28. The number of aromatic nitrogens is 2. The van der Waals surface area contributed by atoms with Crippen molar-refractivity contribution >= 4 is 28.5 Å². The molecule has 4 rings (SSSR count). The van der Waals surface area contributed by atoms with E-state index in [-0.39, 0.29) is 23.5 Å². The van der Waals surface area contributed by atoms with Gasteiger partial charge in [-0.05, 0) is 56.8 Å². The van der Waals surface area contributed by atoms with Gasteiger partial charge in [-0.15, -0.1) is 0 Å². The van der Waals surface area contributed by atoms with E-state index in [4.69, 9.17) is 0 Å². The van der Waals surface area contributed by atoms with Gasteiger partial charge >= 0.3 is 0 Å². The molecule has 0 aliphatic carbocycles. The molecule has 1 atom stereocenters. The van der Waals surface area contributed by atoms with Gasteiger partial charge in [-0.25, -0.2) is 0 Å². The Balaban J connectivity index is 1.50. The van der Waals surface area contributed by atoms with Crippen molar-refractivity contribution in [3.8, 4) is 0 Å². The molecule has 0 bridgehead atoms. The summed E-state index contributed by atoms with van der Waals surface area (Å²) < 4.78 is 0. The lowest BCUT2D eigenvalue weighted by molar-refractivity contribution is -0.134. The normalized spacial score (nSPS) is 22.2. The van der Waals surface area contributed by atoms with Gasteiger partial charge < -0.3 is 0 Å². The highest BCUT2D eigenvalue weighted by atomic mass is 16.2. The minimum Gasteiger partial charge on any atom is -0.299 e. The number of likely N-dealkylation sites (tertiary alicyclic amines) is 1. The molecule has 2 fully saturated rings. The summed E-state index contributed by atoms with van der Waals surface area (Å²) in [4.78, 5) is 37.0. The summed E-state index contributed by atoms with van der Waals surface area (Å²) in [5.41, 5.74) is 2.91. The zero-order chi connectivity index (χ0) is 19.0. The number of hydrogen-bond donors (Lipinski definition) is 2. The van der Waals surface area contributed by atoms with Crippen LogP contribution < -0.4 is 5.32 Å². The van der Waals surface area contributed by atoms with E-state index in [2.05, 4.69) is 32.5 Å². The predicted octanol–water partition coefficient (Wildman–Crippen LogP) is 1.85. The van der Waals surface area contributed by atoms with E-state index < -0.39 is 0 Å². The first-order chi connectivity index (χ1) is 13.0. The Bertz CT molecular complexity index is 896. The van der Waals surface area contributed by atoms with E-state index in [9.17, 15) is 14.4 Å². The highest BCUT2D eigenvalue weighted by Gasteiger charge is 2.31. The quantitative estimate of drug-likeness (QED) is 0.803. The second kappa shape index (κ2) is 7.23. The van der Waals surface area contributed by atoms with E-state index in [1.807, 2.05) is 6.07 Å². The third-order valence-corrected chi connectivity index (χ3v) is 5.70. The number of ketones is 1. The number of piperidine rings is 2. The maximum absolute atomic E-state index is 12.2. The summed E-state index contributed by atoms with van der Waals surface area (Å²) in [5, 5.41) is 10.8. The molecule has 0 spiro atoms. The minimum atomic E-state index is -0.353. The van der Waals surface area contributed by atoms with Crippen molar-refractivity contribution in [2.75, 3.05) is 19.6 Å². The lowest BCUT2D eigenvalue weighted by Gasteiger charge is -2.31. The van der Waals surface area contributed by atoms with Crippen molar-refractivity contribution < 1.29 is 14.4 Å². The highest BCUT2D eigenvalue weighted by molar-refractivity contribution is 6.02. The Hall–Kier alpha value is -2.54. The van der Waals surface area contributed by atoms with E-state index in [0.717, 1.165) is 42.5 Å².